The van der Waals surface area contributed by atoms with Crippen molar-refractivity contribution in [1.29, 1.82) is 0 Å². The minimum atomic E-state index is 0.935. The summed E-state index contributed by atoms with van der Waals surface area (Å²) in [5, 5.41) is 0. The van der Waals surface area contributed by atoms with Crippen molar-refractivity contribution in [3.8, 4) is 11.4 Å². The second-order valence-corrected chi connectivity index (χ2v) is 6.76. The van der Waals surface area contributed by atoms with E-state index in [0.717, 1.165) is 23.5 Å². The van der Waals surface area contributed by atoms with Crippen molar-refractivity contribution in [2.45, 2.75) is 71.6 Å². The molecule has 3 nitrogen and oxygen atoms in total. The number of aryl methyl sites for hydroxylation is 1. The third-order valence-corrected chi connectivity index (χ3v) is 4.50. The van der Waals surface area contributed by atoms with Gasteiger partial charge in [-0.15, -0.1) is 0 Å². The van der Waals surface area contributed by atoms with Crippen molar-refractivity contribution in [3.05, 3.63) is 35.7 Å². The molecule has 0 aliphatic heterocycles. The predicted molar refractivity (Wildman–Crippen MR) is 105 cm³/mol. The molecule has 0 aliphatic rings. The Hall–Kier alpha value is -1.77. The fraction of sp³-hybridized carbons (Fsp3) is 0.571. The topological polar surface area (TPSA) is 43.9 Å². The van der Waals surface area contributed by atoms with Gasteiger partial charge in [-0.2, -0.15) is 0 Å². The van der Waals surface area contributed by atoms with Gasteiger partial charge in [-0.3, -0.25) is 4.99 Å². The average molecular weight is 328 g/mol. The molecular formula is C21H33N3. The zero-order valence-electron chi connectivity index (χ0n) is 15.4. The van der Waals surface area contributed by atoms with Crippen molar-refractivity contribution in [2.24, 2.45) is 4.99 Å². The monoisotopic (exact) mass is 327 g/mol. The summed E-state index contributed by atoms with van der Waals surface area (Å²) in [6, 6.07) is 4.25. The lowest BCUT2D eigenvalue weighted by Gasteiger charge is -2.00. The molecule has 0 aliphatic carbocycles. The normalized spacial score (nSPS) is 11.6. The van der Waals surface area contributed by atoms with Gasteiger partial charge in [0.15, 0.2) is 0 Å². The molecule has 0 bridgehead atoms. The number of aromatic amines is 2. The maximum Gasteiger partial charge on any atom is 0.0708 e. The van der Waals surface area contributed by atoms with E-state index in [0.29, 0.717) is 0 Å². The van der Waals surface area contributed by atoms with Crippen LogP contribution in [0.2, 0.25) is 0 Å². The summed E-state index contributed by atoms with van der Waals surface area (Å²) < 4.78 is 0. The van der Waals surface area contributed by atoms with E-state index >= 15 is 0 Å². The quantitative estimate of drug-likeness (QED) is 0.341. The molecule has 0 aromatic carbocycles. The summed E-state index contributed by atoms with van der Waals surface area (Å²) in [6.45, 7) is 5.31. The Morgan fingerprint density at radius 1 is 0.958 bits per heavy atom. The molecule has 3 heteroatoms. The summed E-state index contributed by atoms with van der Waals surface area (Å²) in [4.78, 5) is 11.2. The minimum Gasteiger partial charge on any atom is -0.360 e. The lowest BCUT2D eigenvalue weighted by atomic mass is 10.1. The smallest absolute Gasteiger partial charge is 0.0708 e. The number of hydrogen-bond donors (Lipinski definition) is 2. The first-order valence-corrected chi connectivity index (χ1v) is 9.64. The molecule has 0 saturated heterocycles. The van der Waals surface area contributed by atoms with Gasteiger partial charge in [0.2, 0.25) is 0 Å². The Kier molecular flexibility index (Phi) is 8.43. The summed E-state index contributed by atoms with van der Waals surface area (Å²) in [5.41, 5.74) is 4.66. The first kappa shape index (κ1) is 18.6. The fourth-order valence-electron chi connectivity index (χ4n) is 3.05. The van der Waals surface area contributed by atoms with Gasteiger partial charge in [-0.1, -0.05) is 58.3 Å². The number of H-pyrrole nitrogens is 2. The van der Waals surface area contributed by atoms with Crippen LogP contribution >= 0.6 is 0 Å². The van der Waals surface area contributed by atoms with Gasteiger partial charge in [0.05, 0.1) is 11.4 Å². The van der Waals surface area contributed by atoms with E-state index in [1.54, 1.807) is 0 Å². The minimum absolute atomic E-state index is 0.935. The Bertz CT molecular complexity index is 592. The van der Waals surface area contributed by atoms with Crippen molar-refractivity contribution in [3.63, 3.8) is 0 Å². The van der Waals surface area contributed by atoms with Crippen LogP contribution in [0.15, 0.2) is 29.5 Å². The second kappa shape index (κ2) is 10.9. The summed E-state index contributed by atoms with van der Waals surface area (Å²) >= 11 is 0. The molecule has 2 N–H and O–H groups in total. The van der Waals surface area contributed by atoms with E-state index in [1.165, 1.54) is 63.4 Å². The summed E-state index contributed by atoms with van der Waals surface area (Å²) in [7, 11) is 0. The lowest BCUT2D eigenvalue weighted by molar-refractivity contribution is 0.567. The molecule has 0 amide bonds. The molecule has 0 atom stereocenters. The number of hydrogen-bond acceptors (Lipinski definition) is 1. The van der Waals surface area contributed by atoms with Gasteiger partial charge >= 0.3 is 0 Å². The molecular weight excluding hydrogens is 294 g/mol. The van der Waals surface area contributed by atoms with Crippen molar-refractivity contribution >= 4 is 6.21 Å². The number of aromatic nitrogens is 2. The van der Waals surface area contributed by atoms with Crippen molar-refractivity contribution in [2.75, 3.05) is 6.54 Å². The first-order valence-electron chi connectivity index (χ1n) is 9.64. The van der Waals surface area contributed by atoms with Gasteiger partial charge in [0.1, 0.15) is 0 Å². The lowest BCUT2D eigenvalue weighted by Crippen LogP contribution is -1.88. The molecule has 2 heterocycles. The van der Waals surface area contributed by atoms with Gasteiger partial charge in [-0.25, -0.2) is 0 Å². The van der Waals surface area contributed by atoms with Crippen molar-refractivity contribution in [1.82, 2.24) is 9.97 Å². The number of nitrogens with zero attached hydrogens (tertiary/aromatic N) is 1. The SMILES string of the molecule is CCCCCCCCCCCN=Cc1cc[nH]c1-c1cc(C)c[nH]1. The van der Waals surface area contributed by atoms with E-state index < -0.39 is 0 Å². The van der Waals surface area contributed by atoms with Crippen LogP contribution in [0.1, 0.15) is 75.8 Å². The molecule has 0 unspecified atom stereocenters. The summed E-state index contributed by atoms with van der Waals surface area (Å²) in [6.07, 6.45) is 18.3. The van der Waals surface area contributed by atoms with Gasteiger partial charge in [-0.05, 0) is 31.0 Å². The number of unbranched alkanes of at least 4 members (excludes halogenated alkanes) is 8. The Balaban J connectivity index is 1.61. The van der Waals surface area contributed by atoms with E-state index in [4.69, 9.17) is 0 Å². The molecule has 2 aromatic heterocycles. The van der Waals surface area contributed by atoms with Crippen LogP contribution in [0.4, 0.5) is 0 Å². The predicted octanol–water partition coefficient (Wildman–Crippen LogP) is 6.27. The fourth-order valence-corrected chi connectivity index (χ4v) is 3.05. The van der Waals surface area contributed by atoms with Crippen LogP contribution in [-0.2, 0) is 0 Å². The maximum atomic E-state index is 4.61. The number of rotatable bonds is 12. The molecule has 0 spiro atoms. The van der Waals surface area contributed by atoms with Crippen LogP contribution in [0.5, 0.6) is 0 Å². The number of nitrogens with one attached hydrogen (secondary N) is 2. The largest absolute Gasteiger partial charge is 0.360 e. The van der Waals surface area contributed by atoms with E-state index in [1.807, 2.05) is 18.6 Å². The Morgan fingerprint density at radius 3 is 2.33 bits per heavy atom. The van der Waals surface area contributed by atoms with E-state index in [-0.39, 0.29) is 0 Å². The van der Waals surface area contributed by atoms with Crippen LogP contribution in [0.25, 0.3) is 11.4 Å². The first-order chi connectivity index (χ1) is 11.8. The maximum absolute atomic E-state index is 4.61. The van der Waals surface area contributed by atoms with Crippen LogP contribution < -0.4 is 0 Å². The third kappa shape index (κ3) is 6.38. The van der Waals surface area contributed by atoms with Gasteiger partial charge in [0.25, 0.3) is 0 Å². The number of aliphatic imine (C=N–C) groups is 1. The molecule has 2 aromatic rings. The highest BCUT2D eigenvalue weighted by molar-refractivity contribution is 5.88. The molecule has 2 rings (SSSR count). The van der Waals surface area contributed by atoms with E-state index in [9.17, 15) is 0 Å². The zero-order valence-corrected chi connectivity index (χ0v) is 15.4. The van der Waals surface area contributed by atoms with E-state index in [2.05, 4.69) is 40.9 Å². The van der Waals surface area contributed by atoms with Crippen LogP contribution in [0, 0.1) is 6.92 Å². The highest BCUT2D eigenvalue weighted by Gasteiger charge is 2.05. The molecule has 0 radical (unpaired) electrons. The Labute approximate surface area is 147 Å². The molecule has 24 heavy (non-hydrogen) atoms. The standard InChI is InChI=1S/C21H33N3/c1-3-4-5-6-7-8-9-10-11-13-22-17-19-12-14-23-21(19)20-15-18(2)16-24-20/h12,14-17,23-24H,3-11,13H2,1-2H3. The summed E-state index contributed by atoms with van der Waals surface area (Å²) in [5.74, 6) is 0. The highest BCUT2D eigenvalue weighted by Crippen LogP contribution is 2.20. The molecule has 0 fully saturated rings. The van der Waals surface area contributed by atoms with Crippen molar-refractivity contribution < 1.29 is 0 Å². The Morgan fingerprint density at radius 2 is 1.67 bits per heavy atom. The van der Waals surface area contributed by atoms with Crippen LogP contribution in [0.3, 0.4) is 0 Å². The molecule has 0 saturated carbocycles. The van der Waals surface area contributed by atoms with Gasteiger partial charge in [0, 0.05) is 30.7 Å². The highest BCUT2D eigenvalue weighted by atomic mass is 14.8. The average Bonchev–Trinajstić information content (AvgIpc) is 3.21. The third-order valence-electron chi connectivity index (χ3n) is 4.50. The van der Waals surface area contributed by atoms with Crippen LogP contribution in [-0.4, -0.2) is 22.7 Å². The zero-order chi connectivity index (χ0) is 17.0. The van der Waals surface area contributed by atoms with Gasteiger partial charge < -0.3 is 9.97 Å². The second-order valence-electron chi connectivity index (χ2n) is 6.76. The molecule has 132 valence electrons.